The monoisotopic (exact) mass is 177 g/mol. The summed E-state index contributed by atoms with van der Waals surface area (Å²) >= 11 is 0. The number of aliphatic hydroxyl groups is 1. The SMILES string of the molecule is N[C@@H](CO)c1cnc2[nH]ccc2c1. The van der Waals surface area contributed by atoms with Gasteiger partial charge in [-0.2, -0.15) is 0 Å². The van der Waals surface area contributed by atoms with E-state index in [-0.39, 0.29) is 12.6 Å². The molecule has 0 aromatic carbocycles. The summed E-state index contributed by atoms with van der Waals surface area (Å²) in [5.41, 5.74) is 7.35. The van der Waals surface area contributed by atoms with Gasteiger partial charge in [-0.05, 0) is 17.7 Å². The summed E-state index contributed by atoms with van der Waals surface area (Å²) in [6.07, 6.45) is 3.51. The number of nitrogens with two attached hydrogens (primary N) is 1. The van der Waals surface area contributed by atoms with Crippen molar-refractivity contribution < 1.29 is 5.11 Å². The van der Waals surface area contributed by atoms with E-state index in [1.165, 1.54) is 0 Å². The minimum Gasteiger partial charge on any atom is -0.394 e. The highest BCUT2D eigenvalue weighted by Gasteiger charge is 2.05. The van der Waals surface area contributed by atoms with Crippen LogP contribution in [-0.2, 0) is 0 Å². The number of H-pyrrole nitrogens is 1. The predicted molar refractivity (Wildman–Crippen MR) is 50.1 cm³/mol. The van der Waals surface area contributed by atoms with E-state index in [9.17, 15) is 0 Å². The first-order valence-electron chi connectivity index (χ1n) is 4.10. The molecule has 4 heteroatoms. The summed E-state index contributed by atoms with van der Waals surface area (Å²) in [5, 5.41) is 9.87. The molecule has 0 saturated carbocycles. The fourth-order valence-corrected chi connectivity index (χ4v) is 1.27. The van der Waals surface area contributed by atoms with E-state index in [2.05, 4.69) is 9.97 Å². The van der Waals surface area contributed by atoms with Crippen molar-refractivity contribution >= 4 is 11.0 Å². The van der Waals surface area contributed by atoms with Crippen LogP contribution in [0.25, 0.3) is 11.0 Å². The fraction of sp³-hybridized carbons (Fsp3) is 0.222. The predicted octanol–water partition coefficient (Wildman–Crippen LogP) is 0.555. The molecule has 0 aliphatic carbocycles. The molecule has 0 bridgehead atoms. The molecule has 0 saturated heterocycles. The maximum absolute atomic E-state index is 8.85. The largest absolute Gasteiger partial charge is 0.394 e. The van der Waals surface area contributed by atoms with Gasteiger partial charge < -0.3 is 15.8 Å². The van der Waals surface area contributed by atoms with E-state index in [1.807, 2.05) is 18.3 Å². The summed E-state index contributed by atoms with van der Waals surface area (Å²) in [7, 11) is 0. The van der Waals surface area contributed by atoms with Gasteiger partial charge in [-0.15, -0.1) is 0 Å². The molecule has 4 nitrogen and oxygen atoms in total. The van der Waals surface area contributed by atoms with Gasteiger partial charge in [0.1, 0.15) is 5.65 Å². The summed E-state index contributed by atoms with van der Waals surface area (Å²) in [6.45, 7) is -0.0579. The Morgan fingerprint density at radius 2 is 2.46 bits per heavy atom. The molecular formula is C9H11N3O. The lowest BCUT2D eigenvalue weighted by Gasteiger charge is -2.06. The van der Waals surface area contributed by atoms with Crippen LogP contribution in [0.3, 0.4) is 0 Å². The third kappa shape index (κ3) is 1.41. The quantitative estimate of drug-likeness (QED) is 0.627. The second kappa shape index (κ2) is 3.16. The van der Waals surface area contributed by atoms with Crippen molar-refractivity contribution in [3.63, 3.8) is 0 Å². The van der Waals surface area contributed by atoms with Crippen molar-refractivity contribution in [1.82, 2.24) is 9.97 Å². The smallest absolute Gasteiger partial charge is 0.137 e. The van der Waals surface area contributed by atoms with Gasteiger partial charge in [0.25, 0.3) is 0 Å². The summed E-state index contributed by atoms with van der Waals surface area (Å²) < 4.78 is 0. The van der Waals surface area contributed by atoms with Gasteiger partial charge in [-0.25, -0.2) is 4.98 Å². The van der Waals surface area contributed by atoms with E-state index in [1.54, 1.807) is 6.20 Å². The maximum Gasteiger partial charge on any atom is 0.137 e. The van der Waals surface area contributed by atoms with Crippen LogP contribution in [0.5, 0.6) is 0 Å². The summed E-state index contributed by atoms with van der Waals surface area (Å²) in [4.78, 5) is 7.15. The Balaban J connectivity index is 2.48. The number of aromatic amines is 1. The van der Waals surface area contributed by atoms with Gasteiger partial charge in [0.15, 0.2) is 0 Å². The number of fused-ring (bicyclic) bond motifs is 1. The highest BCUT2D eigenvalue weighted by molar-refractivity contribution is 5.75. The number of hydrogen-bond acceptors (Lipinski definition) is 3. The van der Waals surface area contributed by atoms with Crippen molar-refractivity contribution in [2.75, 3.05) is 6.61 Å². The number of aromatic nitrogens is 2. The Hall–Kier alpha value is -1.39. The Bertz CT molecular complexity index is 410. The Morgan fingerprint density at radius 1 is 1.62 bits per heavy atom. The molecule has 0 spiro atoms. The summed E-state index contributed by atoms with van der Waals surface area (Å²) in [6, 6.07) is 3.52. The average Bonchev–Trinajstić information content (AvgIpc) is 2.63. The lowest BCUT2D eigenvalue weighted by atomic mass is 10.1. The van der Waals surface area contributed by atoms with Crippen molar-refractivity contribution in [2.24, 2.45) is 5.73 Å². The number of pyridine rings is 1. The van der Waals surface area contributed by atoms with Crippen LogP contribution in [0.1, 0.15) is 11.6 Å². The third-order valence-electron chi connectivity index (χ3n) is 2.05. The molecular weight excluding hydrogens is 166 g/mol. The zero-order valence-electron chi connectivity index (χ0n) is 7.07. The highest BCUT2D eigenvalue weighted by Crippen LogP contribution is 2.15. The standard InChI is InChI=1S/C9H11N3O/c10-8(5-13)7-3-6-1-2-11-9(6)12-4-7/h1-4,8,13H,5,10H2,(H,11,12)/t8-/m0/s1. The average molecular weight is 177 g/mol. The topological polar surface area (TPSA) is 74.9 Å². The van der Waals surface area contributed by atoms with Gasteiger partial charge in [-0.3, -0.25) is 0 Å². The lowest BCUT2D eigenvalue weighted by molar-refractivity contribution is 0.268. The van der Waals surface area contributed by atoms with E-state index < -0.39 is 0 Å². The molecule has 2 aromatic rings. The summed E-state index contributed by atoms with van der Waals surface area (Å²) in [5.74, 6) is 0. The second-order valence-electron chi connectivity index (χ2n) is 2.97. The van der Waals surface area contributed by atoms with E-state index >= 15 is 0 Å². The van der Waals surface area contributed by atoms with Crippen LogP contribution in [0.4, 0.5) is 0 Å². The Morgan fingerprint density at radius 3 is 3.23 bits per heavy atom. The van der Waals surface area contributed by atoms with Gasteiger partial charge in [0.05, 0.1) is 12.6 Å². The zero-order valence-corrected chi connectivity index (χ0v) is 7.07. The van der Waals surface area contributed by atoms with Crippen LogP contribution in [0.15, 0.2) is 24.5 Å². The van der Waals surface area contributed by atoms with Crippen molar-refractivity contribution in [3.8, 4) is 0 Å². The van der Waals surface area contributed by atoms with E-state index in [0.29, 0.717) is 0 Å². The van der Waals surface area contributed by atoms with Gasteiger partial charge in [0.2, 0.25) is 0 Å². The molecule has 0 amide bonds. The zero-order chi connectivity index (χ0) is 9.26. The van der Waals surface area contributed by atoms with Gasteiger partial charge in [-0.1, -0.05) is 0 Å². The van der Waals surface area contributed by atoms with Gasteiger partial charge in [0, 0.05) is 17.8 Å². The molecule has 13 heavy (non-hydrogen) atoms. The van der Waals surface area contributed by atoms with E-state index in [0.717, 1.165) is 16.6 Å². The van der Waals surface area contributed by atoms with Gasteiger partial charge >= 0.3 is 0 Å². The van der Waals surface area contributed by atoms with Crippen molar-refractivity contribution in [1.29, 1.82) is 0 Å². The minimum atomic E-state index is -0.341. The minimum absolute atomic E-state index is 0.0579. The van der Waals surface area contributed by atoms with Crippen LogP contribution in [0.2, 0.25) is 0 Å². The van der Waals surface area contributed by atoms with Crippen molar-refractivity contribution in [2.45, 2.75) is 6.04 Å². The number of hydrogen-bond donors (Lipinski definition) is 3. The molecule has 0 aliphatic rings. The molecule has 0 aliphatic heterocycles. The number of rotatable bonds is 2. The number of nitrogens with zero attached hydrogens (tertiary/aromatic N) is 1. The highest BCUT2D eigenvalue weighted by atomic mass is 16.3. The molecule has 2 rings (SSSR count). The molecule has 0 unspecified atom stereocenters. The molecule has 2 heterocycles. The second-order valence-corrected chi connectivity index (χ2v) is 2.97. The lowest BCUT2D eigenvalue weighted by Crippen LogP contribution is -2.14. The van der Waals surface area contributed by atoms with E-state index in [4.69, 9.17) is 10.8 Å². The van der Waals surface area contributed by atoms with Crippen LogP contribution < -0.4 is 5.73 Å². The Labute approximate surface area is 75.4 Å². The van der Waals surface area contributed by atoms with Crippen LogP contribution in [0, 0.1) is 0 Å². The maximum atomic E-state index is 8.85. The fourth-order valence-electron chi connectivity index (χ4n) is 1.27. The molecule has 1 atom stereocenters. The Kier molecular flexibility index (Phi) is 2.00. The molecule has 4 N–H and O–H groups in total. The molecule has 0 radical (unpaired) electrons. The van der Waals surface area contributed by atoms with Crippen LogP contribution in [-0.4, -0.2) is 21.7 Å². The molecule has 0 fully saturated rings. The first-order chi connectivity index (χ1) is 6.31. The normalized spacial score (nSPS) is 13.4. The number of aliphatic hydroxyl groups excluding tert-OH is 1. The first kappa shape index (κ1) is 8.22. The molecule has 68 valence electrons. The van der Waals surface area contributed by atoms with Crippen molar-refractivity contribution in [3.05, 3.63) is 30.1 Å². The molecule has 2 aromatic heterocycles. The number of nitrogens with one attached hydrogen (secondary N) is 1. The first-order valence-corrected chi connectivity index (χ1v) is 4.10. The third-order valence-corrected chi connectivity index (χ3v) is 2.05. The van der Waals surface area contributed by atoms with Crippen LogP contribution >= 0.6 is 0 Å².